The molecule has 2 rings (SSSR count). The molecular formula is C19H31N5O2S. The second-order valence-corrected chi connectivity index (χ2v) is 7.48. The van der Waals surface area contributed by atoms with Gasteiger partial charge in [-0.2, -0.15) is 11.8 Å². The van der Waals surface area contributed by atoms with E-state index in [1.807, 2.05) is 18.2 Å². The van der Waals surface area contributed by atoms with Gasteiger partial charge in [0, 0.05) is 52.6 Å². The van der Waals surface area contributed by atoms with Crippen LogP contribution in [0.4, 0.5) is 5.69 Å². The van der Waals surface area contributed by atoms with Crippen LogP contribution in [0.25, 0.3) is 0 Å². The summed E-state index contributed by atoms with van der Waals surface area (Å²) in [6.07, 6.45) is 2.08. The summed E-state index contributed by atoms with van der Waals surface area (Å²) < 4.78 is 5.49. The van der Waals surface area contributed by atoms with E-state index in [0.717, 1.165) is 55.9 Å². The highest BCUT2D eigenvalue weighted by molar-refractivity contribution is 7.98. The number of amides is 1. The Morgan fingerprint density at radius 1 is 1.26 bits per heavy atom. The summed E-state index contributed by atoms with van der Waals surface area (Å²) >= 11 is 1.79. The number of para-hydroxylation sites is 2. The highest BCUT2D eigenvalue weighted by Gasteiger charge is 2.22. The van der Waals surface area contributed by atoms with Crippen LogP contribution in [0.2, 0.25) is 0 Å². The molecule has 0 aromatic heterocycles. The number of hydrogen-bond acceptors (Lipinski definition) is 5. The lowest BCUT2D eigenvalue weighted by molar-refractivity contribution is -0.127. The number of guanidine groups is 1. The van der Waals surface area contributed by atoms with Gasteiger partial charge in [0.15, 0.2) is 5.96 Å². The SMILES string of the molecule is COc1ccccc1N1CCN(C(=NCC(=O)N(C)C)NCCSC)CC1. The smallest absolute Gasteiger partial charge is 0.243 e. The molecule has 1 heterocycles. The van der Waals surface area contributed by atoms with Crippen LogP contribution < -0.4 is 15.0 Å². The normalized spacial score (nSPS) is 14.9. The number of anilines is 1. The number of carbonyl (C=O) groups is 1. The number of rotatable bonds is 7. The molecule has 1 amide bonds. The summed E-state index contributed by atoms with van der Waals surface area (Å²) in [6, 6.07) is 8.11. The van der Waals surface area contributed by atoms with Gasteiger partial charge < -0.3 is 24.8 Å². The summed E-state index contributed by atoms with van der Waals surface area (Å²) in [7, 11) is 5.21. The zero-order chi connectivity index (χ0) is 19.6. The van der Waals surface area contributed by atoms with Gasteiger partial charge in [-0.05, 0) is 18.4 Å². The van der Waals surface area contributed by atoms with Gasteiger partial charge >= 0.3 is 0 Å². The molecule has 1 saturated heterocycles. The predicted octanol–water partition coefficient (Wildman–Crippen LogP) is 1.21. The third-order valence-electron chi connectivity index (χ3n) is 4.46. The third kappa shape index (κ3) is 6.23. The van der Waals surface area contributed by atoms with Crippen molar-refractivity contribution in [1.82, 2.24) is 15.1 Å². The lowest BCUT2D eigenvalue weighted by atomic mass is 10.2. The van der Waals surface area contributed by atoms with E-state index in [1.165, 1.54) is 0 Å². The van der Waals surface area contributed by atoms with Crippen molar-refractivity contribution in [2.24, 2.45) is 4.99 Å². The Morgan fingerprint density at radius 3 is 2.59 bits per heavy atom. The number of nitrogens with zero attached hydrogens (tertiary/aromatic N) is 4. The molecule has 0 spiro atoms. The Morgan fingerprint density at radius 2 is 1.96 bits per heavy atom. The van der Waals surface area contributed by atoms with E-state index in [0.29, 0.717) is 0 Å². The number of likely N-dealkylation sites (N-methyl/N-ethyl adjacent to an activating group) is 1. The molecule has 0 bridgehead atoms. The maximum atomic E-state index is 11.9. The lowest BCUT2D eigenvalue weighted by Gasteiger charge is -2.38. The highest BCUT2D eigenvalue weighted by Crippen LogP contribution is 2.28. The summed E-state index contributed by atoms with van der Waals surface area (Å²) in [5.41, 5.74) is 1.12. The van der Waals surface area contributed by atoms with Crippen molar-refractivity contribution in [3.8, 4) is 5.75 Å². The maximum absolute atomic E-state index is 11.9. The first-order valence-corrected chi connectivity index (χ1v) is 10.6. The number of ether oxygens (including phenoxy) is 1. The highest BCUT2D eigenvalue weighted by atomic mass is 32.2. The van der Waals surface area contributed by atoms with E-state index >= 15 is 0 Å². The number of benzene rings is 1. The van der Waals surface area contributed by atoms with E-state index in [4.69, 9.17) is 4.74 Å². The first-order valence-electron chi connectivity index (χ1n) is 9.17. The van der Waals surface area contributed by atoms with Crippen LogP contribution in [0.3, 0.4) is 0 Å². The van der Waals surface area contributed by atoms with Crippen LogP contribution in [0.5, 0.6) is 5.75 Å². The van der Waals surface area contributed by atoms with Gasteiger partial charge in [-0.1, -0.05) is 12.1 Å². The molecule has 1 aromatic carbocycles. The van der Waals surface area contributed by atoms with Gasteiger partial charge in [0.1, 0.15) is 12.3 Å². The number of aliphatic imine (C=N–C) groups is 1. The average molecular weight is 394 g/mol. The molecule has 150 valence electrons. The fourth-order valence-electron chi connectivity index (χ4n) is 2.87. The molecule has 0 unspecified atom stereocenters. The largest absolute Gasteiger partial charge is 0.495 e. The lowest BCUT2D eigenvalue weighted by Crippen LogP contribution is -2.53. The fraction of sp³-hybridized carbons (Fsp3) is 0.579. The number of methoxy groups -OCH3 is 1. The molecule has 1 aromatic rings. The molecule has 1 aliphatic rings. The van der Waals surface area contributed by atoms with Gasteiger partial charge in [-0.15, -0.1) is 0 Å². The Kier molecular flexibility index (Phi) is 8.57. The first-order chi connectivity index (χ1) is 13.1. The standard InChI is InChI=1S/C19H31N5O2S/c1-22(2)18(25)15-21-19(20-9-14-27-4)24-12-10-23(11-13-24)16-7-5-6-8-17(16)26-3/h5-8H,9-15H2,1-4H3,(H,20,21). The van der Waals surface area contributed by atoms with Crippen LogP contribution in [0, 0.1) is 0 Å². The molecule has 7 nitrogen and oxygen atoms in total. The first kappa shape index (κ1) is 21.2. The second-order valence-electron chi connectivity index (χ2n) is 6.49. The van der Waals surface area contributed by atoms with Gasteiger partial charge in [-0.25, -0.2) is 4.99 Å². The minimum Gasteiger partial charge on any atom is -0.495 e. The molecular weight excluding hydrogens is 362 g/mol. The van der Waals surface area contributed by atoms with E-state index < -0.39 is 0 Å². The number of hydrogen-bond donors (Lipinski definition) is 1. The van der Waals surface area contributed by atoms with Gasteiger partial charge in [0.05, 0.1) is 12.8 Å². The monoisotopic (exact) mass is 393 g/mol. The summed E-state index contributed by atoms with van der Waals surface area (Å²) in [6.45, 7) is 4.46. The minimum atomic E-state index is 0.00632. The van der Waals surface area contributed by atoms with Crippen molar-refractivity contribution < 1.29 is 9.53 Å². The fourth-order valence-corrected chi connectivity index (χ4v) is 3.17. The molecule has 1 aliphatic heterocycles. The second kappa shape index (κ2) is 10.9. The molecule has 1 fully saturated rings. The Balaban J connectivity index is 2.01. The van der Waals surface area contributed by atoms with Gasteiger partial charge in [0.25, 0.3) is 0 Å². The number of thioether (sulfide) groups is 1. The van der Waals surface area contributed by atoms with E-state index in [2.05, 4.69) is 32.4 Å². The van der Waals surface area contributed by atoms with Crippen LogP contribution in [-0.2, 0) is 4.79 Å². The number of carbonyl (C=O) groups excluding carboxylic acids is 1. The Bertz CT molecular complexity index is 630. The van der Waals surface area contributed by atoms with Crippen molar-refractivity contribution in [2.75, 3.05) is 77.4 Å². The van der Waals surface area contributed by atoms with Gasteiger partial charge in [-0.3, -0.25) is 4.79 Å². The van der Waals surface area contributed by atoms with Crippen LogP contribution in [0.15, 0.2) is 29.3 Å². The molecule has 0 aliphatic carbocycles. The quantitative estimate of drug-likeness (QED) is 0.427. The Hall–Kier alpha value is -2.09. The van der Waals surface area contributed by atoms with Crippen LogP contribution in [-0.4, -0.2) is 94.1 Å². The van der Waals surface area contributed by atoms with Crippen LogP contribution in [0.1, 0.15) is 0 Å². The van der Waals surface area contributed by atoms with Crippen molar-refractivity contribution in [3.63, 3.8) is 0 Å². The zero-order valence-electron chi connectivity index (χ0n) is 16.8. The molecule has 8 heteroatoms. The van der Waals surface area contributed by atoms with Crippen molar-refractivity contribution in [1.29, 1.82) is 0 Å². The van der Waals surface area contributed by atoms with Crippen molar-refractivity contribution in [3.05, 3.63) is 24.3 Å². The zero-order valence-corrected chi connectivity index (χ0v) is 17.6. The molecule has 0 radical (unpaired) electrons. The Labute approximate surface area is 166 Å². The predicted molar refractivity (Wildman–Crippen MR) is 114 cm³/mol. The molecule has 1 N–H and O–H groups in total. The topological polar surface area (TPSA) is 60.4 Å². The van der Waals surface area contributed by atoms with Crippen molar-refractivity contribution >= 4 is 29.3 Å². The summed E-state index contributed by atoms with van der Waals surface area (Å²) in [4.78, 5) is 22.6. The van der Waals surface area contributed by atoms with E-state index in [-0.39, 0.29) is 12.5 Å². The van der Waals surface area contributed by atoms with E-state index in [1.54, 1.807) is 37.9 Å². The van der Waals surface area contributed by atoms with Gasteiger partial charge in [0.2, 0.25) is 5.91 Å². The minimum absolute atomic E-state index is 0.00632. The molecule has 0 atom stereocenters. The van der Waals surface area contributed by atoms with Crippen LogP contribution >= 0.6 is 11.8 Å². The molecule has 27 heavy (non-hydrogen) atoms. The number of piperazine rings is 1. The summed E-state index contributed by atoms with van der Waals surface area (Å²) in [5.74, 6) is 2.72. The average Bonchev–Trinajstić information content (AvgIpc) is 2.70. The summed E-state index contributed by atoms with van der Waals surface area (Å²) in [5, 5.41) is 3.40. The maximum Gasteiger partial charge on any atom is 0.243 e. The third-order valence-corrected chi connectivity index (χ3v) is 5.07. The van der Waals surface area contributed by atoms with E-state index in [9.17, 15) is 4.79 Å². The number of nitrogens with one attached hydrogen (secondary N) is 1. The van der Waals surface area contributed by atoms with Crippen molar-refractivity contribution in [2.45, 2.75) is 0 Å². The molecule has 0 saturated carbocycles.